The number of carbonyl (C=O) groups is 1. The van der Waals surface area contributed by atoms with Crippen LogP contribution in [0.5, 0.6) is 0 Å². The molecule has 0 amide bonds. The zero-order chi connectivity index (χ0) is 14.3. The fourth-order valence-electron chi connectivity index (χ4n) is 2.15. The number of ether oxygens (including phenoxy) is 1. The Hall–Kier alpha value is -1.66. The zero-order valence-electron chi connectivity index (χ0n) is 10.8. The Bertz CT molecular complexity index is 806. The number of hydrogen-bond acceptors (Lipinski definition) is 5. The molecular formula is C14H10BrNO3S. The lowest BCUT2D eigenvalue weighted by Crippen LogP contribution is -2.03. The summed E-state index contributed by atoms with van der Waals surface area (Å²) < 4.78 is 11.2. The third-order valence-corrected chi connectivity index (χ3v) is 4.50. The van der Waals surface area contributed by atoms with Crippen molar-refractivity contribution >= 4 is 44.2 Å². The highest BCUT2D eigenvalue weighted by Gasteiger charge is 2.24. The molecule has 0 aliphatic carbocycles. The number of methoxy groups -OCH3 is 1. The van der Waals surface area contributed by atoms with E-state index in [1.165, 1.54) is 18.4 Å². The van der Waals surface area contributed by atoms with Gasteiger partial charge in [-0.25, -0.2) is 9.78 Å². The first-order valence-electron chi connectivity index (χ1n) is 5.85. The van der Waals surface area contributed by atoms with Crippen LogP contribution in [-0.2, 0) is 4.74 Å². The molecule has 0 saturated heterocycles. The van der Waals surface area contributed by atoms with Gasteiger partial charge >= 0.3 is 5.97 Å². The van der Waals surface area contributed by atoms with E-state index in [1.807, 2.05) is 31.2 Å². The molecule has 0 spiro atoms. The van der Waals surface area contributed by atoms with Crippen LogP contribution in [0.2, 0.25) is 0 Å². The first-order valence-corrected chi connectivity index (χ1v) is 7.46. The van der Waals surface area contributed by atoms with Crippen LogP contribution in [0.25, 0.3) is 21.4 Å². The highest BCUT2D eigenvalue weighted by Crippen LogP contribution is 2.40. The maximum absolute atomic E-state index is 11.9. The Labute approximate surface area is 127 Å². The molecule has 0 atom stereocenters. The number of para-hydroxylation sites is 1. The van der Waals surface area contributed by atoms with E-state index >= 15 is 0 Å². The van der Waals surface area contributed by atoms with E-state index in [0.29, 0.717) is 9.61 Å². The number of thiazole rings is 1. The van der Waals surface area contributed by atoms with Crippen LogP contribution in [0, 0.1) is 6.92 Å². The number of nitrogens with zero attached hydrogens (tertiary/aromatic N) is 1. The van der Waals surface area contributed by atoms with Gasteiger partial charge in [-0.2, -0.15) is 0 Å². The second kappa shape index (κ2) is 5.03. The quantitative estimate of drug-likeness (QED) is 0.641. The maximum atomic E-state index is 11.9. The van der Waals surface area contributed by atoms with Crippen LogP contribution in [0.1, 0.15) is 16.2 Å². The highest BCUT2D eigenvalue weighted by atomic mass is 79.9. The molecule has 3 rings (SSSR count). The van der Waals surface area contributed by atoms with Gasteiger partial charge in [0.1, 0.15) is 11.3 Å². The van der Waals surface area contributed by atoms with Crippen molar-refractivity contribution < 1.29 is 13.9 Å². The van der Waals surface area contributed by atoms with Crippen LogP contribution in [0.4, 0.5) is 0 Å². The van der Waals surface area contributed by atoms with E-state index in [-0.39, 0.29) is 0 Å². The number of carbonyl (C=O) groups excluding carboxylic acids is 1. The predicted octanol–water partition coefficient (Wildman–Crippen LogP) is 4.41. The Morgan fingerprint density at radius 3 is 2.90 bits per heavy atom. The fourth-order valence-corrected chi connectivity index (χ4v) is 3.70. The number of hydrogen-bond donors (Lipinski definition) is 0. The summed E-state index contributed by atoms with van der Waals surface area (Å²) in [6.45, 7) is 1.88. The molecule has 4 nitrogen and oxygen atoms in total. The van der Waals surface area contributed by atoms with Crippen molar-refractivity contribution in [1.82, 2.24) is 4.98 Å². The second-order valence-electron chi connectivity index (χ2n) is 4.17. The van der Waals surface area contributed by atoms with Gasteiger partial charge in [-0.05, 0) is 28.9 Å². The van der Waals surface area contributed by atoms with Gasteiger partial charge in [-0.1, -0.05) is 18.2 Å². The van der Waals surface area contributed by atoms with E-state index in [1.54, 1.807) is 0 Å². The molecule has 0 bridgehead atoms. The van der Waals surface area contributed by atoms with Gasteiger partial charge in [-0.15, -0.1) is 11.3 Å². The SMILES string of the molecule is COC(=O)c1nc(Br)sc1-c1c(C)oc2ccccc12. The molecule has 0 saturated carbocycles. The molecule has 0 N–H and O–H groups in total. The average Bonchev–Trinajstić information content (AvgIpc) is 2.96. The predicted molar refractivity (Wildman–Crippen MR) is 81.1 cm³/mol. The summed E-state index contributed by atoms with van der Waals surface area (Å²) in [5, 5.41) is 0.964. The number of aryl methyl sites for hydroxylation is 1. The van der Waals surface area contributed by atoms with Crippen LogP contribution in [0.15, 0.2) is 32.6 Å². The van der Waals surface area contributed by atoms with E-state index in [9.17, 15) is 4.79 Å². The molecule has 20 heavy (non-hydrogen) atoms. The zero-order valence-corrected chi connectivity index (χ0v) is 13.2. The Morgan fingerprint density at radius 1 is 1.40 bits per heavy atom. The lowest BCUT2D eigenvalue weighted by Gasteiger charge is -2.00. The monoisotopic (exact) mass is 351 g/mol. The van der Waals surface area contributed by atoms with Gasteiger partial charge in [0.15, 0.2) is 9.61 Å². The molecule has 0 unspecified atom stereocenters. The molecule has 0 aliphatic heterocycles. The van der Waals surface area contributed by atoms with Gasteiger partial charge in [-0.3, -0.25) is 0 Å². The number of rotatable bonds is 2. The summed E-state index contributed by atoms with van der Waals surface area (Å²) in [6.07, 6.45) is 0. The van der Waals surface area contributed by atoms with Gasteiger partial charge in [0, 0.05) is 10.9 Å². The fraction of sp³-hybridized carbons (Fsp3) is 0.143. The summed E-state index contributed by atoms with van der Waals surface area (Å²) in [5.74, 6) is 0.305. The maximum Gasteiger partial charge on any atom is 0.358 e. The smallest absolute Gasteiger partial charge is 0.358 e. The molecule has 102 valence electrons. The number of esters is 1. The van der Waals surface area contributed by atoms with Crippen LogP contribution >= 0.6 is 27.3 Å². The lowest BCUT2D eigenvalue weighted by atomic mass is 10.1. The molecule has 2 heterocycles. The summed E-state index contributed by atoms with van der Waals surface area (Å²) in [5.41, 5.74) is 1.99. The van der Waals surface area contributed by atoms with Crippen molar-refractivity contribution in [3.05, 3.63) is 39.6 Å². The van der Waals surface area contributed by atoms with Gasteiger partial charge in [0.05, 0.1) is 12.0 Å². The second-order valence-corrected chi connectivity index (χ2v) is 6.44. The van der Waals surface area contributed by atoms with E-state index < -0.39 is 5.97 Å². The largest absolute Gasteiger partial charge is 0.464 e. The van der Waals surface area contributed by atoms with Crippen molar-refractivity contribution in [3.63, 3.8) is 0 Å². The van der Waals surface area contributed by atoms with Crippen LogP contribution in [-0.4, -0.2) is 18.1 Å². The molecule has 1 aromatic carbocycles. The number of halogens is 1. The minimum Gasteiger partial charge on any atom is -0.464 e. The van der Waals surface area contributed by atoms with Crippen molar-refractivity contribution in [3.8, 4) is 10.4 Å². The Morgan fingerprint density at radius 2 is 2.15 bits per heavy atom. The van der Waals surface area contributed by atoms with Crippen molar-refractivity contribution in [2.75, 3.05) is 7.11 Å². The van der Waals surface area contributed by atoms with E-state index in [4.69, 9.17) is 9.15 Å². The molecule has 0 radical (unpaired) electrons. The minimum atomic E-state index is -0.452. The van der Waals surface area contributed by atoms with Crippen LogP contribution < -0.4 is 0 Å². The van der Waals surface area contributed by atoms with Crippen molar-refractivity contribution in [2.45, 2.75) is 6.92 Å². The lowest BCUT2D eigenvalue weighted by molar-refractivity contribution is 0.0595. The third kappa shape index (κ3) is 2.05. The van der Waals surface area contributed by atoms with E-state index in [0.717, 1.165) is 27.2 Å². The van der Waals surface area contributed by atoms with Gasteiger partial charge in [0.2, 0.25) is 0 Å². The number of aromatic nitrogens is 1. The first-order chi connectivity index (χ1) is 9.61. The molecular weight excluding hydrogens is 342 g/mol. The number of benzene rings is 1. The number of fused-ring (bicyclic) bond motifs is 1. The van der Waals surface area contributed by atoms with E-state index in [2.05, 4.69) is 20.9 Å². The minimum absolute atomic E-state index is 0.305. The van der Waals surface area contributed by atoms with Crippen LogP contribution in [0.3, 0.4) is 0 Å². The third-order valence-electron chi connectivity index (χ3n) is 2.98. The molecule has 0 fully saturated rings. The average molecular weight is 352 g/mol. The van der Waals surface area contributed by atoms with Crippen molar-refractivity contribution in [2.24, 2.45) is 0 Å². The Kier molecular flexibility index (Phi) is 3.35. The normalized spacial score (nSPS) is 10.9. The standard InChI is InChI=1S/C14H10BrNO3S/c1-7-10(8-5-3-4-6-9(8)19-7)12-11(13(17)18-2)16-14(15)20-12/h3-6H,1-2H3. The van der Waals surface area contributed by atoms with Crippen molar-refractivity contribution in [1.29, 1.82) is 0 Å². The molecule has 2 aromatic heterocycles. The molecule has 0 aliphatic rings. The summed E-state index contributed by atoms with van der Waals surface area (Å²) in [4.78, 5) is 16.8. The topological polar surface area (TPSA) is 52.3 Å². The highest BCUT2D eigenvalue weighted by molar-refractivity contribution is 9.11. The van der Waals surface area contributed by atoms with Gasteiger partial charge < -0.3 is 9.15 Å². The molecule has 3 aromatic rings. The number of furan rings is 1. The summed E-state index contributed by atoms with van der Waals surface area (Å²) in [6, 6.07) is 7.73. The molecule has 6 heteroatoms. The Balaban J connectivity index is 2.31. The first kappa shape index (κ1) is 13.3. The van der Waals surface area contributed by atoms with Gasteiger partial charge in [0.25, 0.3) is 0 Å². The summed E-state index contributed by atoms with van der Waals surface area (Å²) in [7, 11) is 1.35. The summed E-state index contributed by atoms with van der Waals surface area (Å²) >= 11 is 4.71.